The van der Waals surface area contributed by atoms with Crippen LogP contribution in [0, 0.1) is 6.92 Å². The summed E-state index contributed by atoms with van der Waals surface area (Å²) in [6, 6.07) is 8.50. The van der Waals surface area contributed by atoms with E-state index in [-0.39, 0.29) is 16.1 Å². The zero-order valence-corrected chi connectivity index (χ0v) is 17.5. The normalized spacial score (nSPS) is 11.3. The Labute approximate surface area is 176 Å². The van der Waals surface area contributed by atoms with Gasteiger partial charge < -0.3 is 4.42 Å². The van der Waals surface area contributed by atoms with Crippen LogP contribution in [0.5, 0.6) is 0 Å². The molecule has 0 atom stereocenters. The van der Waals surface area contributed by atoms with E-state index >= 15 is 0 Å². The molecule has 1 aromatic carbocycles. The van der Waals surface area contributed by atoms with Gasteiger partial charge in [0.2, 0.25) is 5.89 Å². The molecule has 0 radical (unpaired) electrons. The first kappa shape index (κ1) is 18.5. The van der Waals surface area contributed by atoms with Crippen LogP contribution in [0.3, 0.4) is 0 Å². The van der Waals surface area contributed by atoms with Gasteiger partial charge >= 0.3 is 5.63 Å². The Morgan fingerprint density at radius 3 is 2.67 bits per heavy atom. The van der Waals surface area contributed by atoms with E-state index in [4.69, 9.17) is 39.2 Å². The molecular formula is C18H9BrCl3N3O2. The zero-order chi connectivity index (χ0) is 19.3. The average molecular weight is 486 g/mol. The molecule has 0 bridgehead atoms. The molecule has 3 heterocycles. The van der Waals surface area contributed by atoms with E-state index < -0.39 is 5.63 Å². The van der Waals surface area contributed by atoms with Gasteiger partial charge in [0.15, 0.2) is 5.82 Å². The largest absolute Gasteiger partial charge is 0.401 e. The van der Waals surface area contributed by atoms with Gasteiger partial charge in [0, 0.05) is 10.7 Å². The Morgan fingerprint density at radius 1 is 1.15 bits per heavy atom. The topological polar surface area (TPSA) is 60.9 Å². The van der Waals surface area contributed by atoms with Crippen molar-refractivity contribution in [1.29, 1.82) is 0 Å². The number of aromatic nitrogens is 3. The van der Waals surface area contributed by atoms with Gasteiger partial charge in [0.05, 0.1) is 20.9 Å². The fourth-order valence-electron chi connectivity index (χ4n) is 2.74. The van der Waals surface area contributed by atoms with E-state index in [1.165, 1.54) is 4.57 Å². The first-order valence-corrected chi connectivity index (χ1v) is 9.58. The third kappa shape index (κ3) is 3.17. The van der Waals surface area contributed by atoms with Gasteiger partial charge in [0.25, 0.3) is 0 Å². The Morgan fingerprint density at radius 2 is 1.93 bits per heavy atom. The third-order valence-corrected chi connectivity index (χ3v) is 5.56. The summed E-state index contributed by atoms with van der Waals surface area (Å²) in [5, 5.41) is 1.16. The SMILES string of the molecule is Cc1cc(Br)c2nc(-c3cc(Cl)c(Cl)n3-c3ncccc3Cl)oc(=O)c2c1. The van der Waals surface area contributed by atoms with Crippen molar-refractivity contribution in [2.24, 2.45) is 0 Å². The Balaban J connectivity index is 2.05. The first-order chi connectivity index (χ1) is 12.9. The summed E-state index contributed by atoms with van der Waals surface area (Å²) >= 11 is 22.3. The highest BCUT2D eigenvalue weighted by Gasteiger charge is 2.22. The summed E-state index contributed by atoms with van der Waals surface area (Å²) < 4.78 is 7.63. The van der Waals surface area contributed by atoms with Gasteiger partial charge in [-0.1, -0.05) is 34.8 Å². The van der Waals surface area contributed by atoms with Gasteiger partial charge in [-0.25, -0.2) is 14.8 Å². The van der Waals surface area contributed by atoms with Gasteiger partial charge in [-0.2, -0.15) is 0 Å². The summed E-state index contributed by atoms with van der Waals surface area (Å²) in [4.78, 5) is 21.3. The van der Waals surface area contributed by atoms with Crippen LogP contribution in [0.25, 0.3) is 28.3 Å². The lowest BCUT2D eigenvalue weighted by atomic mass is 10.2. The number of aryl methyl sites for hydroxylation is 1. The molecule has 0 saturated carbocycles. The highest BCUT2D eigenvalue weighted by Crippen LogP contribution is 2.36. The average Bonchev–Trinajstić information content (AvgIpc) is 2.91. The van der Waals surface area contributed by atoms with Crippen molar-refractivity contribution in [3.63, 3.8) is 0 Å². The maximum absolute atomic E-state index is 12.5. The molecule has 9 heteroatoms. The molecule has 4 rings (SSSR count). The highest BCUT2D eigenvalue weighted by molar-refractivity contribution is 9.10. The number of nitrogens with zero attached hydrogens (tertiary/aromatic N) is 3. The van der Waals surface area contributed by atoms with E-state index in [1.54, 1.807) is 30.5 Å². The van der Waals surface area contributed by atoms with E-state index in [0.29, 0.717) is 31.9 Å². The van der Waals surface area contributed by atoms with Crippen molar-refractivity contribution in [2.75, 3.05) is 0 Å². The molecule has 0 aliphatic carbocycles. The number of hydrogen-bond acceptors (Lipinski definition) is 4. The molecule has 5 nitrogen and oxygen atoms in total. The molecule has 136 valence electrons. The van der Waals surface area contributed by atoms with Crippen LogP contribution >= 0.6 is 50.7 Å². The fraction of sp³-hybridized carbons (Fsp3) is 0.0556. The first-order valence-electron chi connectivity index (χ1n) is 7.66. The molecular weight excluding hydrogens is 476 g/mol. The minimum atomic E-state index is -0.522. The second kappa shape index (κ2) is 6.95. The summed E-state index contributed by atoms with van der Waals surface area (Å²) in [5.41, 5.74) is 1.22. The van der Waals surface area contributed by atoms with Crippen molar-refractivity contribution in [2.45, 2.75) is 6.92 Å². The summed E-state index contributed by atoms with van der Waals surface area (Å²) in [7, 11) is 0. The van der Waals surface area contributed by atoms with Crippen LogP contribution in [-0.4, -0.2) is 14.5 Å². The van der Waals surface area contributed by atoms with Crippen molar-refractivity contribution in [3.05, 3.63) is 72.2 Å². The number of fused-ring (bicyclic) bond motifs is 1. The number of halogens is 4. The van der Waals surface area contributed by atoms with Crippen LogP contribution in [-0.2, 0) is 0 Å². The molecule has 0 aliphatic heterocycles. The maximum Gasteiger partial charge on any atom is 0.347 e. The van der Waals surface area contributed by atoms with Crippen LogP contribution in [0.4, 0.5) is 0 Å². The number of hydrogen-bond donors (Lipinski definition) is 0. The second-order valence-corrected chi connectivity index (χ2v) is 7.79. The summed E-state index contributed by atoms with van der Waals surface area (Å²) in [6.07, 6.45) is 1.57. The zero-order valence-electron chi connectivity index (χ0n) is 13.6. The molecule has 3 aromatic heterocycles. The van der Waals surface area contributed by atoms with Crippen LogP contribution in [0.1, 0.15) is 5.56 Å². The Hall–Kier alpha value is -1.86. The van der Waals surface area contributed by atoms with Gasteiger partial charge in [0.1, 0.15) is 10.8 Å². The monoisotopic (exact) mass is 483 g/mol. The van der Waals surface area contributed by atoms with Gasteiger partial charge in [-0.3, -0.25) is 4.57 Å². The molecule has 0 N–H and O–H groups in total. The van der Waals surface area contributed by atoms with Crippen molar-refractivity contribution in [1.82, 2.24) is 14.5 Å². The summed E-state index contributed by atoms with van der Waals surface area (Å²) in [6.45, 7) is 1.88. The predicted octanol–water partition coefficient (Wildman–Crippen LogP) is 6.07. The quantitative estimate of drug-likeness (QED) is 0.346. The molecule has 0 unspecified atom stereocenters. The lowest BCUT2D eigenvalue weighted by Crippen LogP contribution is -2.07. The van der Waals surface area contributed by atoms with E-state index in [0.717, 1.165) is 5.56 Å². The van der Waals surface area contributed by atoms with Gasteiger partial charge in [-0.05, 0) is 58.7 Å². The Kier molecular flexibility index (Phi) is 4.76. The lowest BCUT2D eigenvalue weighted by molar-refractivity contribution is 0.514. The van der Waals surface area contributed by atoms with Crippen molar-refractivity contribution in [3.8, 4) is 17.4 Å². The maximum atomic E-state index is 12.5. The minimum absolute atomic E-state index is 0.0487. The minimum Gasteiger partial charge on any atom is -0.401 e. The molecule has 0 amide bonds. The molecule has 0 aliphatic rings. The highest BCUT2D eigenvalue weighted by atomic mass is 79.9. The fourth-order valence-corrected chi connectivity index (χ4v) is 4.03. The third-order valence-electron chi connectivity index (χ3n) is 3.90. The molecule has 4 aromatic rings. The number of pyridine rings is 1. The lowest BCUT2D eigenvalue weighted by Gasteiger charge is -2.10. The summed E-state index contributed by atoms with van der Waals surface area (Å²) in [5.74, 6) is 0.395. The van der Waals surface area contributed by atoms with E-state index in [9.17, 15) is 4.79 Å². The molecule has 0 spiro atoms. The van der Waals surface area contributed by atoms with E-state index in [1.807, 2.05) is 13.0 Å². The Bertz CT molecular complexity index is 1270. The molecule has 27 heavy (non-hydrogen) atoms. The number of rotatable bonds is 2. The van der Waals surface area contributed by atoms with Crippen LogP contribution < -0.4 is 5.63 Å². The van der Waals surface area contributed by atoms with Crippen LogP contribution in [0.15, 0.2) is 50.2 Å². The van der Waals surface area contributed by atoms with Gasteiger partial charge in [-0.15, -0.1) is 0 Å². The van der Waals surface area contributed by atoms with Crippen LogP contribution in [0.2, 0.25) is 15.2 Å². The second-order valence-electron chi connectivity index (χ2n) is 5.76. The standard InChI is InChI=1S/C18H9BrCl3N3O2/c1-8-5-9-14(10(19)6-8)24-17(27-18(9)26)13-7-12(21)15(22)25(13)16-11(20)3-2-4-23-16/h2-7H,1H3. The smallest absolute Gasteiger partial charge is 0.347 e. The molecule has 0 fully saturated rings. The number of benzene rings is 1. The molecule has 0 saturated heterocycles. The predicted molar refractivity (Wildman–Crippen MR) is 110 cm³/mol. The van der Waals surface area contributed by atoms with Crippen molar-refractivity contribution < 1.29 is 4.42 Å². The van der Waals surface area contributed by atoms with E-state index in [2.05, 4.69) is 25.9 Å². The van der Waals surface area contributed by atoms with Crippen molar-refractivity contribution >= 4 is 61.6 Å².